The Morgan fingerprint density at radius 2 is 2.18 bits per heavy atom. The van der Waals surface area contributed by atoms with Crippen LogP contribution in [0.4, 0.5) is 0 Å². The molecular weight excluding hydrogens is 152 g/mol. The Morgan fingerprint density at radius 3 is 2.82 bits per heavy atom. The quantitative estimate of drug-likeness (QED) is 0.603. The summed E-state index contributed by atoms with van der Waals surface area (Å²) >= 11 is 1.77. The summed E-state index contributed by atoms with van der Waals surface area (Å²) in [4.78, 5) is 1.32. The van der Waals surface area contributed by atoms with Crippen LogP contribution < -0.4 is 0 Å². The smallest absolute Gasteiger partial charge is 0.00750 e. The maximum absolute atomic E-state index is 2.19. The molecule has 0 aliphatic carbocycles. The lowest BCUT2D eigenvalue weighted by atomic mass is 10.2. The zero-order chi connectivity index (χ0) is 8.10. The van der Waals surface area contributed by atoms with Gasteiger partial charge in [0, 0.05) is 4.90 Å². The standard InChI is InChI=1S/C10H12S/c1-3-5-9-6-4-7-10(8-9)11-2/h3-8H,1-2H3/b5-3+. The van der Waals surface area contributed by atoms with Gasteiger partial charge in [-0.15, -0.1) is 11.8 Å². The van der Waals surface area contributed by atoms with Crippen LogP contribution in [0.25, 0.3) is 6.08 Å². The van der Waals surface area contributed by atoms with E-state index in [1.54, 1.807) is 11.8 Å². The summed E-state index contributed by atoms with van der Waals surface area (Å²) in [6.45, 7) is 2.03. The van der Waals surface area contributed by atoms with Crippen LogP contribution in [0.3, 0.4) is 0 Å². The van der Waals surface area contributed by atoms with Gasteiger partial charge in [-0.3, -0.25) is 0 Å². The Kier molecular flexibility index (Phi) is 3.24. The van der Waals surface area contributed by atoms with Gasteiger partial charge in [-0.2, -0.15) is 0 Å². The minimum Gasteiger partial charge on any atom is -0.130 e. The average molecular weight is 164 g/mol. The van der Waals surface area contributed by atoms with Crippen LogP contribution in [0.5, 0.6) is 0 Å². The molecule has 0 aromatic heterocycles. The first kappa shape index (κ1) is 8.41. The van der Waals surface area contributed by atoms with Crippen molar-refractivity contribution < 1.29 is 0 Å². The van der Waals surface area contributed by atoms with Crippen LogP contribution in [0.15, 0.2) is 35.2 Å². The zero-order valence-corrected chi connectivity index (χ0v) is 7.69. The molecule has 0 fully saturated rings. The lowest BCUT2D eigenvalue weighted by Crippen LogP contribution is -1.72. The molecule has 0 N–H and O–H groups in total. The van der Waals surface area contributed by atoms with Crippen molar-refractivity contribution in [3.05, 3.63) is 35.9 Å². The van der Waals surface area contributed by atoms with E-state index in [4.69, 9.17) is 0 Å². The van der Waals surface area contributed by atoms with Crippen molar-refractivity contribution in [3.63, 3.8) is 0 Å². The van der Waals surface area contributed by atoms with Crippen molar-refractivity contribution in [1.29, 1.82) is 0 Å². The molecule has 0 atom stereocenters. The maximum atomic E-state index is 2.19. The molecule has 1 aromatic carbocycles. The third-order valence-electron chi connectivity index (χ3n) is 1.45. The lowest BCUT2D eigenvalue weighted by molar-refractivity contribution is 1.45. The Bertz CT molecular complexity index is 251. The van der Waals surface area contributed by atoms with E-state index in [9.17, 15) is 0 Å². The molecule has 0 aliphatic rings. The predicted molar refractivity (Wildman–Crippen MR) is 52.9 cm³/mol. The first-order valence-corrected chi connectivity index (χ1v) is 4.86. The second-order valence-corrected chi connectivity index (χ2v) is 3.16. The second kappa shape index (κ2) is 4.24. The zero-order valence-electron chi connectivity index (χ0n) is 6.87. The Labute approximate surface area is 72.3 Å². The van der Waals surface area contributed by atoms with Crippen LogP contribution >= 0.6 is 11.8 Å². The summed E-state index contributed by atoms with van der Waals surface area (Å²) in [6, 6.07) is 8.50. The molecule has 0 heterocycles. The SMILES string of the molecule is C/C=C/c1cccc(SC)c1. The Morgan fingerprint density at radius 1 is 1.36 bits per heavy atom. The van der Waals surface area contributed by atoms with Crippen molar-refractivity contribution in [2.24, 2.45) is 0 Å². The highest BCUT2D eigenvalue weighted by molar-refractivity contribution is 7.98. The molecule has 0 spiro atoms. The van der Waals surface area contributed by atoms with Gasteiger partial charge in [0.25, 0.3) is 0 Å². The molecular formula is C10H12S. The molecule has 0 unspecified atom stereocenters. The summed E-state index contributed by atoms with van der Waals surface area (Å²) in [5.41, 5.74) is 1.28. The fourth-order valence-electron chi connectivity index (χ4n) is 0.938. The summed E-state index contributed by atoms with van der Waals surface area (Å²) in [7, 11) is 0. The summed E-state index contributed by atoms with van der Waals surface area (Å²) in [6.07, 6.45) is 6.26. The number of thioether (sulfide) groups is 1. The molecule has 11 heavy (non-hydrogen) atoms. The monoisotopic (exact) mass is 164 g/mol. The van der Waals surface area contributed by atoms with Gasteiger partial charge in [0.1, 0.15) is 0 Å². The lowest BCUT2D eigenvalue weighted by Gasteiger charge is -1.96. The van der Waals surface area contributed by atoms with E-state index in [1.165, 1.54) is 10.5 Å². The van der Waals surface area contributed by atoms with Gasteiger partial charge < -0.3 is 0 Å². The molecule has 1 aromatic rings. The van der Waals surface area contributed by atoms with Crippen LogP contribution in [0, 0.1) is 0 Å². The molecule has 1 heteroatoms. The molecule has 0 aliphatic heterocycles. The van der Waals surface area contributed by atoms with E-state index in [1.807, 2.05) is 6.92 Å². The van der Waals surface area contributed by atoms with Crippen LogP contribution in [0.1, 0.15) is 12.5 Å². The van der Waals surface area contributed by atoms with Crippen molar-refractivity contribution in [3.8, 4) is 0 Å². The van der Waals surface area contributed by atoms with E-state index >= 15 is 0 Å². The second-order valence-electron chi connectivity index (χ2n) is 2.28. The largest absolute Gasteiger partial charge is 0.130 e. The highest BCUT2D eigenvalue weighted by Crippen LogP contribution is 2.16. The van der Waals surface area contributed by atoms with Gasteiger partial charge in [-0.1, -0.05) is 24.3 Å². The van der Waals surface area contributed by atoms with Gasteiger partial charge in [0.15, 0.2) is 0 Å². The third kappa shape index (κ3) is 2.43. The number of hydrogen-bond acceptors (Lipinski definition) is 1. The average Bonchev–Trinajstić information content (AvgIpc) is 2.06. The fourth-order valence-corrected chi connectivity index (χ4v) is 1.41. The van der Waals surface area contributed by atoms with E-state index in [0.717, 1.165) is 0 Å². The third-order valence-corrected chi connectivity index (χ3v) is 2.18. The maximum Gasteiger partial charge on any atom is 0.00750 e. The van der Waals surface area contributed by atoms with E-state index in [0.29, 0.717) is 0 Å². The fraction of sp³-hybridized carbons (Fsp3) is 0.200. The van der Waals surface area contributed by atoms with Gasteiger partial charge in [0.2, 0.25) is 0 Å². The molecule has 0 radical (unpaired) electrons. The van der Waals surface area contributed by atoms with Crippen molar-refractivity contribution in [1.82, 2.24) is 0 Å². The van der Waals surface area contributed by atoms with Gasteiger partial charge in [-0.05, 0) is 30.9 Å². The molecule has 0 nitrogen and oxygen atoms in total. The number of rotatable bonds is 2. The summed E-state index contributed by atoms with van der Waals surface area (Å²) < 4.78 is 0. The number of hydrogen-bond donors (Lipinski definition) is 0. The predicted octanol–water partition coefficient (Wildman–Crippen LogP) is 3.44. The van der Waals surface area contributed by atoms with E-state index < -0.39 is 0 Å². The van der Waals surface area contributed by atoms with E-state index in [2.05, 4.69) is 42.7 Å². The minimum absolute atomic E-state index is 1.28. The topological polar surface area (TPSA) is 0 Å². The van der Waals surface area contributed by atoms with Crippen molar-refractivity contribution >= 4 is 17.8 Å². The highest BCUT2D eigenvalue weighted by Gasteiger charge is 1.88. The van der Waals surface area contributed by atoms with Gasteiger partial charge in [-0.25, -0.2) is 0 Å². The Hall–Kier alpha value is -0.690. The summed E-state index contributed by atoms with van der Waals surface area (Å²) in [5, 5.41) is 0. The van der Waals surface area contributed by atoms with Crippen LogP contribution in [-0.4, -0.2) is 6.26 Å². The molecule has 0 amide bonds. The number of benzene rings is 1. The first-order valence-electron chi connectivity index (χ1n) is 3.63. The highest BCUT2D eigenvalue weighted by atomic mass is 32.2. The van der Waals surface area contributed by atoms with Crippen molar-refractivity contribution in [2.75, 3.05) is 6.26 Å². The molecule has 0 saturated carbocycles. The normalized spacial score (nSPS) is 10.7. The molecule has 58 valence electrons. The van der Waals surface area contributed by atoms with Crippen LogP contribution in [-0.2, 0) is 0 Å². The van der Waals surface area contributed by atoms with Gasteiger partial charge >= 0.3 is 0 Å². The molecule has 0 saturated heterocycles. The summed E-state index contributed by atoms with van der Waals surface area (Å²) in [5.74, 6) is 0. The van der Waals surface area contributed by atoms with Crippen molar-refractivity contribution in [2.45, 2.75) is 11.8 Å². The van der Waals surface area contributed by atoms with E-state index in [-0.39, 0.29) is 0 Å². The first-order chi connectivity index (χ1) is 5.36. The van der Waals surface area contributed by atoms with Gasteiger partial charge in [0.05, 0.1) is 0 Å². The number of allylic oxidation sites excluding steroid dienone is 1. The Balaban J connectivity index is 2.91. The minimum atomic E-state index is 1.28. The molecule has 1 rings (SSSR count). The molecule has 0 bridgehead atoms. The van der Waals surface area contributed by atoms with Crippen LogP contribution in [0.2, 0.25) is 0 Å².